The summed E-state index contributed by atoms with van der Waals surface area (Å²) in [5.41, 5.74) is 1.21. The first-order chi connectivity index (χ1) is 13.1. The van der Waals surface area contributed by atoms with Gasteiger partial charge in [0.25, 0.3) is 5.90 Å². The molecule has 0 aliphatic carbocycles. The van der Waals surface area contributed by atoms with Gasteiger partial charge in [-0.1, -0.05) is 0 Å². The van der Waals surface area contributed by atoms with E-state index in [1.807, 2.05) is 81.5 Å². The molecule has 0 unspecified atom stereocenters. The number of nitrogens with zero attached hydrogens (tertiary/aromatic N) is 4. The molecule has 0 amide bonds. The summed E-state index contributed by atoms with van der Waals surface area (Å²) in [6, 6.07) is -0.118. The Morgan fingerprint density at radius 3 is 1.96 bits per heavy atom. The average Bonchev–Trinajstić information content (AvgIpc) is 2.60. The number of hydrogen-bond acceptors (Lipinski definition) is 4. The van der Waals surface area contributed by atoms with Crippen LogP contribution in [0.15, 0.2) is 65.2 Å². The van der Waals surface area contributed by atoms with Crippen molar-refractivity contribution in [2.75, 3.05) is 13.6 Å². The van der Waals surface area contributed by atoms with Crippen molar-refractivity contribution in [2.24, 2.45) is 4.99 Å². The second-order valence-electron chi connectivity index (χ2n) is 9.02. The monoisotopic (exact) mass is 382 g/mol. The van der Waals surface area contributed by atoms with Gasteiger partial charge in [0.15, 0.2) is 0 Å². The van der Waals surface area contributed by atoms with E-state index in [9.17, 15) is 10.0 Å². The van der Waals surface area contributed by atoms with Gasteiger partial charge >= 0.3 is 0 Å². The number of piperidine rings is 1. The van der Waals surface area contributed by atoms with Crippen LogP contribution in [-0.2, 0) is 5.11 Å². The molecule has 0 aromatic rings. The summed E-state index contributed by atoms with van der Waals surface area (Å²) in [4.78, 5) is 20.7. The van der Waals surface area contributed by atoms with Crippen molar-refractivity contribution in [3.05, 3.63) is 65.2 Å². The Labute approximate surface area is 167 Å². The quantitative estimate of drug-likeness (QED) is 0.422. The molecule has 3 aliphatic rings. The second-order valence-corrected chi connectivity index (χ2v) is 9.02. The third-order valence-corrected chi connectivity index (χ3v) is 5.42. The molecule has 0 N–H and O–H groups in total. The molecule has 6 nitrogen and oxygen atoms in total. The molecule has 0 bridgehead atoms. The Kier molecular flexibility index (Phi) is 5.33. The van der Waals surface area contributed by atoms with Crippen molar-refractivity contribution in [1.29, 1.82) is 0 Å². The van der Waals surface area contributed by atoms with Gasteiger partial charge in [-0.05, 0) is 35.5 Å². The zero-order valence-electron chi connectivity index (χ0n) is 17.4. The smallest absolute Gasteiger partial charge is 0.261 e. The highest BCUT2D eigenvalue weighted by atomic mass is 16.3. The van der Waals surface area contributed by atoms with Crippen LogP contribution in [0.25, 0.3) is 0 Å². The maximum atomic E-state index is 12.5. The third kappa shape index (κ3) is 4.43. The van der Waals surface area contributed by atoms with Crippen LogP contribution in [0.3, 0.4) is 0 Å². The van der Waals surface area contributed by atoms with Crippen LogP contribution in [0, 0.1) is 4.91 Å². The van der Waals surface area contributed by atoms with E-state index in [1.54, 1.807) is 0 Å². The minimum atomic E-state index is -0.517. The molecule has 6 heteroatoms. The molecule has 0 aromatic heterocycles. The number of aliphatic imine (C=N–C) groups is 1. The highest BCUT2D eigenvalue weighted by Crippen LogP contribution is 2.35. The highest BCUT2D eigenvalue weighted by Gasteiger charge is 2.53. The molecule has 1 radical (unpaired) electrons. The predicted molar refractivity (Wildman–Crippen MR) is 111 cm³/mol. The van der Waals surface area contributed by atoms with Crippen LogP contribution >= 0.6 is 0 Å². The molecule has 3 heterocycles. The first-order valence-electron chi connectivity index (χ1n) is 9.73. The summed E-state index contributed by atoms with van der Waals surface area (Å²) in [5.74, 6) is -0.152. The van der Waals surface area contributed by atoms with Crippen LogP contribution in [0.1, 0.15) is 40.5 Å². The minimum Gasteiger partial charge on any atom is -0.357 e. The summed E-state index contributed by atoms with van der Waals surface area (Å²) in [6.07, 6.45) is 17.2. The van der Waals surface area contributed by atoms with Crippen molar-refractivity contribution < 1.29 is 9.87 Å². The van der Waals surface area contributed by atoms with Gasteiger partial charge in [0.2, 0.25) is 11.1 Å². The zero-order chi connectivity index (χ0) is 20.5. The molecule has 3 aliphatic heterocycles. The van der Waals surface area contributed by atoms with Crippen molar-refractivity contribution in [1.82, 2.24) is 9.80 Å². The fourth-order valence-electron chi connectivity index (χ4n) is 4.15. The maximum absolute atomic E-state index is 12.5. The van der Waals surface area contributed by atoms with E-state index >= 15 is 0 Å². The first kappa shape index (κ1) is 20.1. The molecule has 1 fully saturated rings. The Morgan fingerprint density at radius 2 is 1.46 bits per heavy atom. The van der Waals surface area contributed by atoms with E-state index in [4.69, 9.17) is 0 Å². The standard InChI is InChI=1S/C22H30N4O2/c1-21(2)14-19(15-22(3,4)26(21)28)23-20(27)16-25-12-8-18(9-13-25)17-6-10-24(5)11-7-17/h6-13,19H,14-16H2,1-5H3/q+1. The van der Waals surface area contributed by atoms with Crippen LogP contribution in [-0.4, -0.2) is 51.2 Å². The molecular formula is C22H30N4O2+. The Bertz CT molecular complexity index is 775. The van der Waals surface area contributed by atoms with E-state index in [0.29, 0.717) is 12.8 Å². The lowest BCUT2D eigenvalue weighted by Gasteiger charge is -2.34. The molecular weight excluding hydrogens is 352 g/mol. The van der Waals surface area contributed by atoms with Gasteiger partial charge < -0.3 is 9.80 Å². The van der Waals surface area contributed by atoms with E-state index in [1.165, 1.54) is 0 Å². The number of allylic oxidation sites excluding steroid dienone is 6. The van der Waals surface area contributed by atoms with Gasteiger partial charge in [-0.25, -0.2) is 4.99 Å². The number of hydrogen-bond donors (Lipinski definition) is 0. The lowest BCUT2D eigenvalue weighted by atomic mass is 9.79. The van der Waals surface area contributed by atoms with E-state index < -0.39 is 11.1 Å². The lowest BCUT2D eigenvalue weighted by molar-refractivity contribution is -0.692. The molecule has 3 rings (SSSR count). The summed E-state index contributed by atoms with van der Waals surface area (Å²) in [7, 11) is 1.99. The normalized spacial score (nSPS) is 24.5. The maximum Gasteiger partial charge on any atom is 0.261 e. The lowest BCUT2D eigenvalue weighted by Crippen LogP contribution is -2.55. The van der Waals surface area contributed by atoms with Gasteiger partial charge in [0.05, 0.1) is 6.04 Å². The Balaban J connectivity index is 1.64. The molecule has 28 heavy (non-hydrogen) atoms. The van der Waals surface area contributed by atoms with E-state index in [0.717, 1.165) is 15.9 Å². The van der Waals surface area contributed by atoms with Gasteiger partial charge in [-0.15, -0.1) is 0 Å². The first-order valence-corrected chi connectivity index (χ1v) is 9.73. The topological polar surface area (TPSA) is 58.8 Å². The third-order valence-electron chi connectivity index (χ3n) is 5.42. The van der Waals surface area contributed by atoms with E-state index in [-0.39, 0.29) is 18.5 Å². The van der Waals surface area contributed by atoms with Crippen molar-refractivity contribution in [3.63, 3.8) is 0 Å². The largest absolute Gasteiger partial charge is 0.357 e. The molecule has 0 atom stereocenters. The summed E-state index contributed by atoms with van der Waals surface area (Å²) < 4.78 is 1.16. The van der Waals surface area contributed by atoms with Crippen molar-refractivity contribution in [3.8, 4) is 0 Å². The van der Waals surface area contributed by atoms with Crippen molar-refractivity contribution >= 4 is 5.90 Å². The fraction of sp³-hybridized carbons (Fsp3) is 0.500. The van der Waals surface area contributed by atoms with Gasteiger partial charge in [0, 0.05) is 82.1 Å². The van der Waals surface area contributed by atoms with Crippen molar-refractivity contribution in [2.45, 2.75) is 57.7 Å². The van der Waals surface area contributed by atoms with Crippen LogP contribution in [0.5, 0.6) is 0 Å². The van der Waals surface area contributed by atoms with Gasteiger partial charge in [-0.2, -0.15) is 0 Å². The Hall–Kier alpha value is -2.63. The summed E-state index contributed by atoms with van der Waals surface area (Å²) in [5, 5.41) is 12.5. The second kappa shape index (κ2) is 7.41. The minimum absolute atomic E-state index is 0.118. The van der Waals surface area contributed by atoms with Gasteiger partial charge in [-0.3, -0.25) is 5.11 Å². The average molecular weight is 383 g/mol. The Morgan fingerprint density at radius 1 is 1.00 bits per heavy atom. The number of nitroso groups, excluding NO2 is 1. The van der Waals surface area contributed by atoms with E-state index in [2.05, 4.69) is 17.1 Å². The summed E-state index contributed by atoms with van der Waals surface area (Å²) >= 11 is 0. The van der Waals surface area contributed by atoms with Gasteiger partial charge in [0.1, 0.15) is 6.54 Å². The fourth-order valence-corrected chi connectivity index (χ4v) is 4.15. The SMILES string of the molecule is CN1C=CC(=C2C=CN(CC([O])=NC3CC(C)(C)[N+](=O)C(C)(C)C3)C=C2)C=C1. The van der Waals surface area contributed by atoms with Crippen LogP contribution in [0.4, 0.5) is 0 Å². The number of rotatable bonds is 3. The molecule has 1 saturated heterocycles. The molecule has 0 saturated carbocycles. The zero-order valence-corrected chi connectivity index (χ0v) is 17.4. The van der Waals surface area contributed by atoms with Crippen LogP contribution in [0.2, 0.25) is 0 Å². The summed E-state index contributed by atoms with van der Waals surface area (Å²) in [6.45, 7) is 7.90. The van der Waals surface area contributed by atoms with Crippen LogP contribution < -0.4 is 0 Å². The highest BCUT2D eigenvalue weighted by molar-refractivity contribution is 5.76. The molecule has 0 aromatic carbocycles. The predicted octanol–water partition coefficient (Wildman–Crippen LogP) is 3.93. The molecule has 149 valence electrons. The molecule has 0 spiro atoms.